The van der Waals surface area contributed by atoms with E-state index < -0.39 is 86.3 Å². The number of halogens is 6. The molecule has 2 heterocycles. The third-order valence-corrected chi connectivity index (χ3v) is 10.1. The van der Waals surface area contributed by atoms with Gasteiger partial charge in [-0.25, -0.2) is 13.6 Å². The van der Waals surface area contributed by atoms with Crippen LogP contribution in [0.25, 0.3) is 0 Å². The SMILES string of the molecule is CCCCCCCCN(CCCCCCCC)C(=O)C(F)(F)S(=O)(=O)OCC1(Cn2cc(C(=O)Oc3c(F)c(F)cc(F)c3F)nn2)COC(C)(C)OC1. The van der Waals surface area contributed by atoms with E-state index >= 15 is 8.78 Å². The minimum Gasteiger partial charge on any atom is -0.415 e. The van der Waals surface area contributed by atoms with Crippen LogP contribution in [0.15, 0.2) is 12.3 Å². The first kappa shape index (κ1) is 45.1. The number of carbonyl (C=O) groups is 2. The van der Waals surface area contributed by atoms with Crippen molar-refractivity contribution in [1.29, 1.82) is 0 Å². The van der Waals surface area contributed by atoms with Crippen LogP contribution in [-0.2, 0) is 35.1 Å². The monoisotopic (exact) mass is 800 g/mol. The number of unbranched alkanes of at least 4 members (excludes halogenated alkanes) is 10. The zero-order valence-electron chi connectivity index (χ0n) is 31.1. The normalized spacial score (nSPS) is 15.7. The third-order valence-electron chi connectivity index (χ3n) is 8.90. The number of hydrogen-bond acceptors (Lipinski definition) is 10. The molecular weight excluding hydrogens is 750 g/mol. The van der Waals surface area contributed by atoms with Crippen molar-refractivity contribution in [2.75, 3.05) is 32.9 Å². The highest BCUT2D eigenvalue weighted by atomic mass is 32.2. The highest BCUT2D eigenvalue weighted by Crippen LogP contribution is 2.35. The number of carbonyl (C=O) groups excluding carboxylic acids is 2. The number of nitrogens with zero attached hydrogens (tertiary/aromatic N) is 4. The molecule has 0 spiro atoms. The van der Waals surface area contributed by atoms with Gasteiger partial charge < -0.3 is 19.1 Å². The molecule has 0 bridgehead atoms. The number of rotatable bonds is 23. The predicted octanol–water partition coefficient (Wildman–Crippen LogP) is 7.31. The molecule has 0 unspecified atom stereocenters. The van der Waals surface area contributed by atoms with Gasteiger partial charge in [0, 0.05) is 19.2 Å². The Hall–Kier alpha value is -3.29. The summed E-state index contributed by atoms with van der Waals surface area (Å²) in [5, 5.41) is 2.26. The fourth-order valence-corrected chi connectivity index (χ4v) is 6.50. The van der Waals surface area contributed by atoms with E-state index in [9.17, 15) is 35.6 Å². The van der Waals surface area contributed by atoms with Crippen molar-refractivity contribution >= 4 is 22.0 Å². The third kappa shape index (κ3) is 12.4. The molecule has 1 aromatic carbocycles. The maximum Gasteiger partial charge on any atom is 0.447 e. The number of amides is 1. The first-order chi connectivity index (χ1) is 25.4. The van der Waals surface area contributed by atoms with E-state index in [2.05, 4.69) is 28.9 Å². The Morgan fingerprint density at radius 2 is 1.37 bits per heavy atom. The maximum absolute atomic E-state index is 15.7. The molecule has 0 atom stereocenters. The Bertz CT molecular complexity index is 1610. The first-order valence-corrected chi connectivity index (χ1v) is 19.6. The van der Waals surface area contributed by atoms with Gasteiger partial charge in [-0.3, -0.25) is 13.7 Å². The molecule has 1 aromatic heterocycles. The minimum atomic E-state index is -5.89. The zero-order chi connectivity index (χ0) is 40.2. The van der Waals surface area contributed by atoms with Crippen LogP contribution in [0.5, 0.6) is 5.75 Å². The topological polar surface area (TPSA) is 139 Å². The van der Waals surface area contributed by atoms with Crippen LogP contribution in [0.4, 0.5) is 26.3 Å². The van der Waals surface area contributed by atoms with Crippen LogP contribution in [0.3, 0.4) is 0 Å². The molecule has 1 aliphatic heterocycles. The van der Waals surface area contributed by atoms with E-state index in [1.165, 1.54) is 0 Å². The second kappa shape index (κ2) is 20.0. The van der Waals surface area contributed by atoms with Gasteiger partial charge in [0.15, 0.2) is 23.1 Å². The average Bonchev–Trinajstić information content (AvgIpc) is 3.59. The summed E-state index contributed by atoms with van der Waals surface area (Å²) in [5.74, 6) is -13.9. The Labute approximate surface area is 311 Å². The fraction of sp³-hybridized carbons (Fsp3) is 0.714. The lowest BCUT2D eigenvalue weighted by molar-refractivity contribution is -0.291. The zero-order valence-corrected chi connectivity index (χ0v) is 31.9. The van der Waals surface area contributed by atoms with Crippen molar-refractivity contribution < 1.29 is 62.7 Å². The quantitative estimate of drug-likeness (QED) is 0.0281. The van der Waals surface area contributed by atoms with E-state index in [1.807, 2.05) is 0 Å². The van der Waals surface area contributed by atoms with Gasteiger partial charge in [0.25, 0.3) is 0 Å². The molecule has 0 radical (unpaired) electrons. The highest BCUT2D eigenvalue weighted by Gasteiger charge is 2.57. The van der Waals surface area contributed by atoms with Gasteiger partial charge in [-0.1, -0.05) is 83.3 Å². The molecular formula is C35H50F6N4O8S. The summed E-state index contributed by atoms with van der Waals surface area (Å²) in [7, 11) is -5.89. The lowest BCUT2D eigenvalue weighted by atomic mass is 9.90. The Morgan fingerprint density at radius 3 is 1.89 bits per heavy atom. The van der Waals surface area contributed by atoms with Crippen LogP contribution >= 0.6 is 0 Å². The van der Waals surface area contributed by atoms with Gasteiger partial charge in [-0.05, 0) is 26.7 Å². The molecule has 1 fully saturated rings. The largest absolute Gasteiger partial charge is 0.447 e. The summed E-state index contributed by atoms with van der Waals surface area (Å²) in [4.78, 5) is 26.7. The predicted molar refractivity (Wildman–Crippen MR) is 183 cm³/mol. The lowest BCUT2D eigenvalue weighted by Gasteiger charge is -2.42. The van der Waals surface area contributed by atoms with Gasteiger partial charge in [0.05, 0.1) is 38.0 Å². The standard InChI is InChI=1S/C35H50F6N4O8S/c1-5-7-9-11-13-15-17-44(18-16-14-12-10-8-6-2)32(47)35(40,41)54(48,49)52-24-34(22-50-33(3,4)51-23-34)21-45-20-27(42-43-45)31(46)53-30-28(38)25(36)19-26(37)29(30)39/h19-20H,5-18,21-24H2,1-4H3. The minimum absolute atomic E-state index is 0.0454. The molecule has 1 aliphatic rings. The first-order valence-electron chi connectivity index (χ1n) is 18.2. The van der Waals surface area contributed by atoms with E-state index in [-0.39, 0.29) is 32.4 Å². The molecule has 2 aromatic rings. The maximum atomic E-state index is 15.7. The average molecular weight is 801 g/mol. The van der Waals surface area contributed by atoms with Crippen LogP contribution < -0.4 is 4.74 Å². The molecule has 12 nitrogen and oxygen atoms in total. The van der Waals surface area contributed by atoms with Crippen LogP contribution in [0, 0.1) is 28.7 Å². The smallest absolute Gasteiger partial charge is 0.415 e. The Kier molecular flexibility index (Phi) is 16.7. The van der Waals surface area contributed by atoms with Crippen molar-refractivity contribution in [3.63, 3.8) is 0 Å². The molecule has 3 rings (SSSR count). The van der Waals surface area contributed by atoms with Crippen LogP contribution in [0.1, 0.15) is 115 Å². The van der Waals surface area contributed by atoms with Gasteiger partial charge >= 0.3 is 27.2 Å². The summed E-state index contributed by atoms with van der Waals surface area (Å²) in [6.45, 7) is 4.96. The summed E-state index contributed by atoms with van der Waals surface area (Å²) >= 11 is 0. The van der Waals surface area contributed by atoms with Gasteiger partial charge in [-0.2, -0.15) is 26.0 Å². The molecule has 306 valence electrons. The lowest BCUT2D eigenvalue weighted by Crippen LogP contribution is -2.53. The van der Waals surface area contributed by atoms with Crippen molar-refractivity contribution in [2.24, 2.45) is 5.41 Å². The van der Waals surface area contributed by atoms with Crippen molar-refractivity contribution in [3.05, 3.63) is 41.2 Å². The van der Waals surface area contributed by atoms with Crippen LogP contribution in [-0.4, -0.2) is 84.1 Å². The number of ether oxygens (including phenoxy) is 3. The molecule has 54 heavy (non-hydrogen) atoms. The number of benzene rings is 1. The van der Waals surface area contributed by atoms with Gasteiger partial charge in [-0.15, -0.1) is 5.10 Å². The number of aromatic nitrogens is 3. The van der Waals surface area contributed by atoms with E-state index in [0.29, 0.717) is 25.7 Å². The molecule has 1 saturated heterocycles. The van der Waals surface area contributed by atoms with Gasteiger partial charge in [0.1, 0.15) is 0 Å². The number of hydrogen-bond donors (Lipinski definition) is 0. The number of alkyl halides is 2. The van der Waals surface area contributed by atoms with Gasteiger partial charge in [0.2, 0.25) is 17.4 Å². The van der Waals surface area contributed by atoms with E-state index in [0.717, 1.165) is 67.1 Å². The van der Waals surface area contributed by atoms with E-state index in [4.69, 9.17) is 13.7 Å². The fourth-order valence-electron chi connectivity index (χ4n) is 5.60. The summed E-state index contributed by atoms with van der Waals surface area (Å²) < 4.78 is 134. The highest BCUT2D eigenvalue weighted by molar-refractivity contribution is 7.88. The second-order valence-corrected chi connectivity index (χ2v) is 15.7. The molecule has 1 amide bonds. The van der Waals surface area contributed by atoms with Crippen LogP contribution in [0.2, 0.25) is 0 Å². The molecule has 19 heteroatoms. The Balaban J connectivity index is 1.76. The molecule has 0 aliphatic carbocycles. The van der Waals surface area contributed by atoms with Crippen molar-refractivity contribution in [3.8, 4) is 5.75 Å². The summed E-state index contributed by atoms with van der Waals surface area (Å²) in [5.41, 5.74) is -2.29. The molecule has 0 saturated carbocycles. The van der Waals surface area contributed by atoms with E-state index in [1.54, 1.807) is 13.8 Å². The van der Waals surface area contributed by atoms with Crippen molar-refractivity contribution in [2.45, 2.75) is 122 Å². The summed E-state index contributed by atoms with van der Waals surface area (Å²) in [6.07, 6.45) is 10.8. The van der Waals surface area contributed by atoms with Crippen molar-refractivity contribution in [1.82, 2.24) is 19.9 Å². The number of esters is 1. The Morgan fingerprint density at radius 1 is 0.870 bits per heavy atom. The molecule has 0 N–H and O–H groups in total. The summed E-state index contributed by atoms with van der Waals surface area (Å²) in [6, 6.07) is -0.0790. The second-order valence-electron chi connectivity index (χ2n) is 14.0.